The Hall–Kier alpha value is -2.56. The summed E-state index contributed by atoms with van der Waals surface area (Å²) in [5.41, 5.74) is 1.84. The zero-order valence-electron chi connectivity index (χ0n) is 14.0. The number of aromatic amines is 1. The summed E-state index contributed by atoms with van der Waals surface area (Å²) < 4.78 is 5.18. The van der Waals surface area contributed by atoms with Gasteiger partial charge in [-0.3, -0.25) is 9.59 Å². The average molecular weight is 326 g/mol. The number of H-pyrrole nitrogens is 1. The Balaban J connectivity index is 1.76. The molecule has 24 heavy (non-hydrogen) atoms. The molecule has 1 amide bonds. The quantitative estimate of drug-likeness (QED) is 0.939. The second-order valence-electron chi connectivity index (χ2n) is 6.23. The molecule has 1 aromatic heterocycles. The van der Waals surface area contributed by atoms with E-state index in [0.29, 0.717) is 6.54 Å². The third-order valence-corrected chi connectivity index (χ3v) is 4.55. The van der Waals surface area contributed by atoms with E-state index in [9.17, 15) is 9.59 Å². The highest BCUT2D eigenvalue weighted by Crippen LogP contribution is 2.23. The Labute approximate surface area is 141 Å². The number of amides is 1. The predicted octanol–water partition coefficient (Wildman–Crippen LogP) is 2.54. The first-order chi connectivity index (χ1) is 11.6. The van der Waals surface area contributed by atoms with Gasteiger partial charge in [-0.2, -0.15) is 0 Å². The molecule has 1 aliphatic heterocycles. The molecule has 2 aromatic rings. The number of carbonyl (C=O) groups is 1. The Kier molecular flexibility index (Phi) is 4.69. The van der Waals surface area contributed by atoms with Gasteiger partial charge in [-0.05, 0) is 56.0 Å². The zero-order valence-corrected chi connectivity index (χ0v) is 14.0. The van der Waals surface area contributed by atoms with Crippen molar-refractivity contribution >= 4 is 5.91 Å². The molecular formula is C19H22N2O3. The molecule has 5 heteroatoms. The molecule has 1 fully saturated rings. The average Bonchev–Trinajstić information content (AvgIpc) is 3.03. The summed E-state index contributed by atoms with van der Waals surface area (Å²) >= 11 is 0. The number of hydrogen-bond donors (Lipinski definition) is 1. The van der Waals surface area contributed by atoms with Crippen molar-refractivity contribution in [2.45, 2.75) is 32.2 Å². The Bertz CT molecular complexity index is 780. The van der Waals surface area contributed by atoms with Crippen molar-refractivity contribution in [2.24, 2.45) is 0 Å². The van der Waals surface area contributed by atoms with Gasteiger partial charge >= 0.3 is 0 Å². The van der Waals surface area contributed by atoms with E-state index in [1.165, 1.54) is 5.56 Å². The van der Waals surface area contributed by atoms with Crippen LogP contribution in [-0.2, 0) is 6.42 Å². The van der Waals surface area contributed by atoms with Crippen LogP contribution < -0.4 is 10.3 Å². The molecule has 0 aliphatic carbocycles. The van der Waals surface area contributed by atoms with Gasteiger partial charge in [0.15, 0.2) is 0 Å². The van der Waals surface area contributed by atoms with E-state index < -0.39 is 0 Å². The summed E-state index contributed by atoms with van der Waals surface area (Å²) in [4.78, 5) is 29.4. The number of benzene rings is 1. The summed E-state index contributed by atoms with van der Waals surface area (Å²) in [6.07, 6.45) is 2.72. The zero-order chi connectivity index (χ0) is 17.1. The number of aryl methyl sites for hydroxylation is 1. The number of hydrogen-bond acceptors (Lipinski definition) is 3. The molecule has 0 bridgehead atoms. The molecule has 126 valence electrons. The Morgan fingerprint density at radius 2 is 2.00 bits per heavy atom. The number of carbonyl (C=O) groups excluding carboxylic acids is 1. The molecule has 1 aliphatic rings. The first-order valence-electron chi connectivity index (χ1n) is 8.22. The lowest BCUT2D eigenvalue weighted by Gasteiger charge is -2.24. The fourth-order valence-electron chi connectivity index (χ4n) is 3.24. The minimum Gasteiger partial charge on any atom is -0.497 e. The molecule has 3 rings (SSSR count). The third-order valence-electron chi connectivity index (χ3n) is 4.55. The van der Waals surface area contributed by atoms with Gasteiger partial charge in [-0.25, -0.2) is 0 Å². The van der Waals surface area contributed by atoms with E-state index >= 15 is 0 Å². The molecule has 1 saturated heterocycles. The molecule has 1 N–H and O–H groups in total. The van der Waals surface area contributed by atoms with E-state index in [4.69, 9.17) is 4.74 Å². The fourth-order valence-corrected chi connectivity index (χ4v) is 3.24. The predicted molar refractivity (Wildman–Crippen MR) is 92.6 cm³/mol. The minimum atomic E-state index is -0.310. The second kappa shape index (κ2) is 6.91. The number of nitrogens with zero attached hydrogens (tertiary/aromatic N) is 1. The summed E-state index contributed by atoms with van der Waals surface area (Å²) in [5.74, 6) is 0.650. The van der Waals surface area contributed by atoms with Gasteiger partial charge in [0.25, 0.3) is 11.5 Å². The lowest BCUT2D eigenvalue weighted by molar-refractivity contribution is 0.0734. The third kappa shape index (κ3) is 3.35. The molecular weight excluding hydrogens is 304 g/mol. The summed E-state index contributed by atoms with van der Waals surface area (Å²) in [7, 11) is 1.64. The van der Waals surface area contributed by atoms with Gasteiger partial charge in [0.2, 0.25) is 0 Å². The van der Waals surface area contributed by atoms with Crippen molar-refractivity contribution in [3.8, 4) is 5.75 Å². The maximum Gasteiger partial charge on any atom is 0.260 e. The molecule has 0 saturated carbocycles. The smallest absolute Gasteiger partial charge is 0.260 e. The van der Waals surface area contributed by atoms with E-state index in [1.54, 1.807) is 26.2 Å². The van der Waals surface area contributed by atoms with Crippen LogP contribution in [0, 0.1) is 6.92 Å². The lowest BCUT2D eigenvalue weighted by Crippen LogP contribution is -2.39. The lowest BCUT2D eigenvalue weighted by atomic mass is 10.0. The highest BCUT2D eigenvalue weighted by molar-refractivity contribution is 5.94. The first-order valence-corrected chi connectivity index (χ1v) is 8.22. The summed E-state index contributed by atoms with van der Waals surface area (Å²) in [6, 6.07) is 11.4. The van der Waals surface area contributed by atoms with Crippen LogP contribution in [0.4, 0.5) is 0 Å². The number of pyridine rings is 1. The van der Waals surface area contributed by atoms with Crippen molar-refractivity contribution in [1.29, 1.82) is 0 Å². The molecule has 0 radical (unpaired) electrons. The van der Waals surface area contributed by atoms with Gasteiger partial charge in [0.05, 0.1) is 7.11 Å². The largest absolute Gasteiger partial charge is 0.497 e. The highest BCUT2D eigenvalue weighted by atomic mass is 16.5. The van der Waals surface area contributed by atoms with E-state index in [1.807, 2.05) is 29.2 Å². The van der Waals surface area contributed by atoms with Gasteiger partial charge in [0.1, 0.15) is 11.3 Å². The topological polar surface area (TPSA) is 62.4 Å². The number of ether oxygens (including phenoxy) is 1. The number of methoxy groups -OCH3 is 1. The number of likely N-dealkylation sites (tertiary alicyclic amines) is 1. The first kappa shape index (κ1) is 16.3. The van der Waals surface area contributed by atoms with Crippen LogP contribution in [-0.4, -0.2) is 35.5 Å². The number of aromatic nitrogens is 1. The van der Waals surface area contributed by atoms with Gasteiger partial charge in [-0.15, -0.1) is 0 Å². The molecule has 5 nitrogen and oxygen atoms in total. The van der Waals surface area contributed by atoms with Gasteiger partial charge < -0.3 is 14.6 Å². The highest BCUT2D eigenvalue weighted by Gasteiger charge is 2.30. The van der Waals surface area contributed by atoms with Crippen LogP contribution in [0.3, 0.4) is 0 Å². The number of rotatable bonds is 4. The molecule has 1 aromatic carbocycles. The maximum absolute atomic E-state index is 12.8. The van der Waals surface area contributed by atoms with Crippen molar-refractivity contribution in [3.63, 3.8) is 0 Å². The van der Waals surface area contributed by atoms with Crippen LogP contribution in [0.2, 0.25) is 0 Å². The van der Waals surface area contributed by atoms with Crippen molar-refractivity contribution in [3.05, 3.63) is 63.6 Å². The van der Waals surface area contributed by atoms with Gasteiger partial charge in [0, 0.05) is 18.3 Å². The Morgan fingerprint density at radius 3 is 2.67 bits per heavy atom. The van der Waals surface area contributed by atoms with Crippen LogP contribution in [0.15, 0.2) is 41.2 Å². The SMILES string of the molecule is COc1ccc(C[C@H]2CCCN2C(=O)c2ccc(C)[nH]c2=O)cc1. The fraction of sp³-hybridized carbons (Fsp3) is 0.368. The Morgan fingerprint density at radius 1 is 1.25 bits per heavy atom. The monoisotopic (exact) mass is 326 g/mol. The summed E-state index contributed by atoms with van der Waals surface area (Å²) in [5, 5.41) is 0. The van der Waals surface area contributed by atoms with E-state index in [0.717, 1.165) is 30.7 Å². The van der Waals surface area contributed by atoms with Crippen LogP contribution >= 0.6 is 0 Å². The van der Waals surface area contributed by atoms with Crippen molar-refractivity contribution < 1.29 is 9.53 Å². The van der Waals surface area contributed by atoms with Crippen molar-refractivity contribution in [1.82, 2.24) is 9.88 Å². The molecule has 0 unspecified atom stereocenters. The molecule has 2 heterocycles. The van der Waals surface area contributed by atoms with Gasteiger partial charge in [-0.1, -0.05) is 12.1 Å². The normalized spacial score (nSPS) is 17.1. The van der Waals surface area contributed by atoms with Crippen molar-refractivity contribution in [2.75, 3.05) is 13.7 Å². The van der Waals surface area contributed by atoms with E-state index in [-0.39, 0.29) is 23.1 Å². The standard InChI is InChI=1S/C19H22N2O3/c1-13-5-10-17(18(22)20-13)19(23)21-11-3-4-15(21)12-14-6-8-16(24-2)9-7-14/h5-10,15H,3-4,11-12H2,1-2H3,(H,20,22)/t15-/m1/s1. The molecule has 1 atom stereocenters. The van der Waals surface area contributed by atoms with Crippen LogP contribution in [0.5, 0.6) is 5.75 Å². The van der Waals surface area contributed by atoms with Crippen LogP contribution in [0.1, 0.15) is 34.5 Å². The maximum atomic E-state index is 12.8. The van der Waals surface area contributed by atoms with Crippen LogP contribution in [0.25, 0.3) is 0 Å². The second-order valence-corrected chi connectivity index (χ2v) is 6.23. The molecule has 0 spiro atoms. The summed E-state index contributed by atoms with van der Waals surface area (Å²) in [6.45, 7) is 2.50. The van der Waals surface area contributed by atoms with E-state index in [2.05, 4.69) is 4.98 Å². The number of nitrogens with one attached hydrogen (secondary N) is 1. The minimum absolute atomic E-state index is 0.131.